The van der Waals surface area contributed by atoms with Crippen molar-refractivity contribution in [1.29, 1.82) is 0 Å². The van der Waals surface area contributed by atoms with Crippen molar-refractivity contribution in [3.8, 4) is 0 Å². The molecule has 3 aromatic carbocycles. The van der Waals surface area contributed by atoms with Crippen LogP contribution in [-0.4, -0.2) is 39.6 Å². The smallest absolute Gasteiger partial charge is 0.269 e. The molecule has 6 nitrogen and oxygen atoms in total. The summed E-state index contributed by atoms with van der Waals surface area (Å²) >= 11 is 1.38. The number of amidine groups is 1. The molecule has 0 aliphatic heterocycles. The normalized spacial score (nSPS) is 11.1. The van der Waals surface area contributed by atoms with E-state index in [1.165, 1.54) is 41.6 Å². The number of thioether (sulfide) groups is 1. The van der Waals surface area contributed by atoms with Crippen molar-refractivity contribution in [3.05, 3.63) is 124 Å². The summed E-state index contributed by atoms with van der Waals surface area (Å²) in [7, 11) is 0. The highest BCUT2D eigenvalue weighted by Crippen LogP contribution is 2.18. The van der Waals surface area contributed by atoms with Crippen LogP contribution in [0.3, 0.4) is 0 Å². The number of Topliss-reactive ketones (excluding diaryl/α,β-unsaturated/α-hetero) is 1. The summed E-state index contributed by atoms with van der Waals surface area (Å²) in [5.74, 6) is 0.0821. The lowest BCUT2D eigenvalue weighted by Crippen LogP contribution is -2.31. The Kier molecular flexibility index (Phi) is 9.61. The average molecular weight is 474 g/mol. The van der Waals surface area contributed by atoms with Gasteiger partial charge in [0.15, 0.2) is 11.0 Å². The molecule has 0 fully saturated rings. The number of benzene rings is 3. The maximum atomic E-state index is 12.8. The molecule has 174 valence electrons. The third-order valence-corrected chi connectivity index (χ3v) is 6.14. The molecule has 0 saturated carbocycles. The van der Waals surface area contributed by atoms with Crippen LogP contribution < -0.4 is 0 Å². The highest BCUT2D eigenvalue weighted by molar-refractivity contribution is 8.14. The zero-order chi connectivity index (χ0) is 24.2. The lowest BCUT2D eigenvalue weighted by molar-refractivity contribution is -0.384. The van der Waals surface area contributed by atoms with E-state index in [4.69, 9.17) is 4.99 Å². The molecule has 0 spiro atoms. The molecule has 0 aliphatic carbocycles. The number of ketones is 1. The Hall–Kier alpha value is -3.71. The maximum absolute atomic E-state index is 12.8. The number of rotatable bonds is 11. The van der Waals surface area contributed by atoms with E-state index in [0.29, 0.717) is 18.7 Å². The quantitative estimate of drug-likeness (QED) is 0.0879. The molecule has 0 atom stereocenters. The van der Waals surface area contributed by atoms with Gasteiger partial charge in [0.1, 0.15) is 0 Å². The van der Waals surface area contributed by atoms with Crippen molar-refractivity contribution < 1.29 is 9.72 Å². The zero-order valence-corrected chi connectivity index (χ0v) is 19.7. The van der Waals surface area contributed by atoms with Crippen LogP contribution >= 0.6 is 11.8 Å². The second-order valence-corrected chi connectivity index (χ2v) is 8.51. The summed E-state index contributed by atoms with van der Waals surface area (Å²) < 4.78 is 0. The topological polar surface area (TPSA) is 75.8 Å². The number of carbonyl (C=O) groups is 1. The van der Waals surface area contributed by atoms with Crippen molar-refractivity contribution in [2.45, 2.75) is 13.0 Å². The minimum absolute atomic E-state index is 0.0348. The van der Waals surface area contributed by atoms with Gasteiger partial charge in [0.25, 0.3) is 5.69 Å². The van der Waals surface area contributed by atoms with Crippen LogP contribution in [-0.2, 0) is 13.0 Å². The summed E-state index contributed by atoms with van der Waals surface area (Å²) in [6.07, 6.45) is 2.58. The Morgan fingerprint density at radius 2 is 1.59 bits per heavy atom. The molecule has 0 bridgehead atoms. The Balaban J connectivity index is 1.75. The molecule has 0 saturated heterocycles. The number of non-ortho nitro benzene ring substituents is 1. The molecule has 7 heteroatoms. The lowest BCUT2D eigenvalue weighted by Gasteiger charge is -2.26. The summed E-state index contributed by atoms with van der Waals surface area (Å²) in [4.78, 5) is 30.1. The first-order valence-electron chi connectivity index (χ1n) is 11.0. The molecule has 0 heterocycles. The fourth-order valence-electron chi connectivity index (χ4n) is 3.32. The van der Waals surface area contributed by atoms with Crippen molar-refractivity contribution in [1.82, 2.24) is 4.90 Å². The minimum Gasteiger partial charge on any atom is -0.347 e. The van der Waals surface area contributed by atoms with E-state index in [1.807, 2.05) is 36.4 Å². The van der Waals surface area contributed by atoms with E-state index < -0.39 is 4.92 Å². The van der Waals surface area contributed by atoms with E-state index in [0.717, 1.165) is 23.7 Å². The Labute approximate surface area is 204 Å². The highest BCUT2D eigenvalue weighted by atomic mass is 32.2. The molecule has 34 heavy (non-hydrogen) atoms. The SMILES string of the molecule is C=CCN=C(SCC(=O)c1ccc([N+](=O)[O-])cc1)N(CCc1ccccc1)Cc1ccccc1. The van der Waals surface area contributed by atoms with Gasteiger partial charge in [0.2, 0.25) is 0 Å². The first kappa shape index (κ1) is 24.9. The second kappa shape index (κ2) is 13.1. The van der Waals surface area contributed by atoms with E-state index in [2.05, 4.69) is 35.7 Å². The highest BCUT2D eigenvalue weighted by Gasteiger charge is 2.16. The Morgan fingerprint density at radius 1 is 0.971 bits per heavy atom. The summed E-state index contributed by atoms with van der Waals surface area (Å²) in [5, 5.41) is 11.6. The number of carbonyl (C=O) groups excluding carboxylic acids is 1. The van der Waals surface area contributed by atoms with Crippen LogP contribution in [0.15, 0.2) is 103 Å². The number of nitrogens with zero attached hydrogens (tertiary/aromatic N) is 3. The number of hydrogen-bond donors (Lipinski definition) is 0. The van der Waals surface area contributed by atoms with E-state index >= 15 is 0 Å². The minimum atomic E-state index is -0.475. The number of aliphatic imine (C=N–C) groups is 1. The van der Waals surface area contributed by atoms with Gasteiger partial charge in [-0.3, -0.25) is 19.9 Å². The first-order valence-corrected chi connectivity index (χ1v) is 11.9. The fourth-order valence-corrected chi connectivity index (χ4v) is 4.25. The molecule has 3 rings (SSSR count). The summed E-state index contributed by atoms with van der Waals surface area (Å²) in [6.45, 7) is 5.64. The standard InChI is InChI=1S/C27H27N3O3S/c1-2-18-28-27(34-21-26(31)24-13-15-25(16-14-24)30(32)33)29(20-23-11-7-4-8-12-23)19-17-22-9-5-3-6-10-22/h2-16H,1,17-21H2. The lowest BCUT2D eigenvalue weighted by atomic mass is 10.1. The molecule has 0 amide bonds. The predicted molar refractivity (Wildman–Crippen MR) is 139 cm³/mol. The van der Waals surface area contributed by atoms with Gasteiger partial charge >= 0.3 is 0 Å². The summed E-state index contributed by atoms with van der Waals surface area (Å²) in [6, 6.07) is 26.1. The predicted octanol–water partition coefficient (Wildman–Crippen LogP) is 5.80. The molecular weight excluding hydrogens is 446 g/mol. The first-order chi connectivity index (χ1) is 16.6. The van der Waals surface area contributed by atoms with Gasteiger partial charge in [0.05, 0.1) is 17.2 Å². The van der Waals surface area contributed by atoms with E-state index in [9.17, 15) is 14.9 Å². The largest absolute Gasteiger partial charge is 0.347 e. The van der Waals surface area contributed by atoms with Crippen LogP contribution in [0, 0.1) is 10.1 Å². The van der Waals surface area contributed by atoms with Gasteiger partial charge in [-0.2, -0.15) is 0 Å². The van der Waals surface area contributed by atoms with Crippen molar-refractivity contribution in [3.63, 3.8) is 0 Å². The van der Waals surface area contributed by atoms with Gasteiger partial charge in [-0.1, -0.05) is 78.5 Å². The van der Waals surface area contributed by atoms with Gasteiger partial charge in [-0.05, 0) is 29.7 Å². The van der Waals surface area contributed by atoms with Gasteiger partial charge in [0, 0.05) is 30.8 Å². The third kappa shape index (κ3) is 7.71. The molecule has 0 N–H and O–H groups in total. The molecule has 3 aromatic rings. The molecule has 0 aliphatic rings. The van der Waals surface area contributed by atoms with E-state index in [-0.39, 0.29) is 17.2 Å². The van der Waals surface area contributed by atoms with Crippen LogP contribution in [0.5, 0.6) is 0 Å². The second-order valence-electron chi connectivity index (χ2n) is 7.57. The van der Waals surface area contributed by atoms with Crippen molar-refractivity contribution in [2.75, 3.05) is 18.8 Å². The van der Waals surface area contributed by atoms with Crippen LogP contribution in [0.1, 0.15) is 21.5 Å². The average Bonchev–Trinajstić information content (AvgIpc) is 2.88. The Morgan fingerprint density at radius 3 is 2.18 bits per heavy atom. The zero-order valence-electron chi connectivity index (χ0n) is 18.9. The fraction of sp³-hybridized carbons (Fsp3) is 0.185. The number of hydrogen-bond acceptors (Lipinski definition) is 5. The van der Waals surface area contributed by atoms with Crippen molar-refractivity contribution in [2.24, 2.45) is 4.99 Å². The Bertz CT molecular complexity index is 1120. The molecule has 0 radical (unpaired) electrons. The van der Waals surface area contributed by atoms with Crippen LogP contribution in [0.4, 0.5) is 5.69 Å². The number of nitro groups is 1. The maximum Gasteiger partial charge on any atom is 0.269 e. The van der Waals surface area contributed by atoms with Crippen LogP contribution in [0.2, 0.25) is 0 Å². The molecular formula is C27H27N3O3S. The van der Waals surface area contributed by atoms with Crippen LogP contribution in [0.25, 0.3) is 0 Å². The van der Waals surface area contributed by atoms with E-state index in [1.54, 1.807) is 6.08 Å². The van der Waals surface area contributed by atoms with Gasteiger partial charge in [-0.15, -0.1) is 6.58 Å². The summed E-state index contributed by atoms with van der Waals surface area (Å²) in [5.41, 5.74) is 2.80. The number of nitro benzene ring substituents is 1. The molecule has 0 aromatic heterocycles. The van der Waals surface area contributed by atoms with Crippen molar-refractivity contribution >= 4 is 28.4 Å². The third-order valence-electron chi connectivity index (χ3n) is 5.09. The van der Waals surface area contributed by atoms with Gasteiger partial charge < -0.3 is 4.90 Å². The molecule has 0 unspecified atom stereocenters. The monoisotopic (exact) mass is 473 g/mol. The van der Waals surface area contributed by atoms with Gasteiger partial charge in [-0.25, -0.2) is 0 Å².